The monoisotopic (exact) mass is 365 g/mol. The van der Waals surface area contributed by atoms with Crippen molar-refractivity contribution in [2.24, 2.45) is 0 Å². The van der Waals surface area contributed by atoms with Crippen LogP contribution < -0.4 is 9.88 Å². The fraction of sp³-hybridized carbons (Fsp3) is 0.0500. The van der Waals surface area contributed by atoms with Crippen LogP contribution in [0.25, 0.3) is 10.9 Å². The van der Waals surface area contributed by atoms with Gasteiger partial charge in [0, 0.05) is 18.1 Å². The molecule has 2 aromatic heterocycles. The van der Waals surface area contributed by atoms with Crippen LogP contribution in [0.5, 0.6) is 0 Å². The Bertz CT molecular complexity index is 1070. The Hall–Kier alpha value is -3.05. The number of para-hydroxylation sites is 1. The van der Waals surface area contributed by atoms with Crippen LogP contribution in [0.15, 0.2) is 73.3 Å². The van der Waals surface area contributed by atoms with E-state index in [1.165, 1.54) is 6.07 Å². The molecule has 1 N–H and O–H groups in total. The molecule has 0 amide bonds. The van der Waals surface area contributed by atoms with E-state index in [2.05, 4.69) is 19.9 Å². The van der Waals surface area contributed by atoms with Crippen molar-refractivity contribution in [2.75, 3.05) is 5.32 Å². The Morgan fingerprint density at radius 3 is 2.65 bits per heavy atom. The van der Waals surface area contributed by atoms with Crippen LogP contribution in [0.1, 0.15) is 5.56 Å². The Labute approximate surface area is 154 Å². The molecule has 4 rings (SSSR count). The molecule has 4 aromatic rings. The minimum atomic E-state index is -0.446. The van der Waals surface area contributed by atoms with Gasteiger partial charge in [-0.25, -0.2) is 8.96 Å². The van der Waals surface area contributed by atoms with E-state index >= 15 is 0 Å². The second kappa shape index (κ2) is 7.06. The predicted molar refractivity (Wildman–Crippen MR) is 100.0 cm³/mol. The molecule has 128 valence electrons. The van der Waals surface area contributed by atoms with E-state index in [0.717, 1.165) is 16.5 Å². The number of hydrogen-bond donors (Lipinski definition) is 1. The van der Waals surface area contributed by atoms with Crippen LogP contribution in [0.4, 0.5) is 15.9 Å². The Kier molecular flexibility index (Phi) is 4.46. The summed E-state index contributed by atoms with van der Waals surface area (Å²) in [4.78, 5) is 8.60. The normalized spacial score (nSPS) is 10.8. The largest absolute Gasteiger partial charge is 0.319 e. The quantitative estimate of drug-likeness (QED) is 0.541. The molecule has 0 radical (unpaired) electrons. The van der Waals surface area contributed by atoms with E-state index < -0.39 is 5.82 Å². The first-order valence-corrected chi connectivity index (χ1v) is 8.47. The van der Waals surface area contributed by atoms with Crippen molar-refractivity contribution in [2.45, 2.75) is 6.54 Å². The molecule has 0 aliphatic carbocycles. The highest BCUT2D eigenvalue weighted by Crippen LogP contribution is 2.25. The highest BCUT2D eigenvalue weighted by Gasteiger charge is 2.15. The summed E-state index contributed by atoms with van der Waals surface area (Å²) in [5.74, 6) is 0.243. The van der Waals surface area contributed by atoms with Crippen molar-refractivity contribution >= 4 is 34.0 Å². The third-order valence-corrected chi connectivity index (χ3v) is 4.37. The number of aromatic nitrogens is 3. The molecule has 6 heteroatoms. The van der Waals surface area contributed by atoms with Gasteiger partial charge < -0.3 is 5.32 Å². The van der Waals surface area contributed by atoms with E-state index in [1.54, 1.807) is 30.9 Å². The third kappa shape index (κ3) is 3.34. The second-order valence-corrected chi connectivity index (χ2v) is 6.25. The smallest absolute Gasteiger partial charge is 0.289 e. The van der Waals surface area contributed by atoms with Crippen LogP contribution in [0.3, 0.4) is 0 Å². The molecule has 2 aromatic carbocycles. The summed E-state index contributed by atoms with van der Waals surface area (Å²) in [7, 11) is 0. The van der Waals surface area contributed by atoms with Gasteiger partial charge in [0.1, 0.15) is 17.9 Å². The Morgan fingerprint density at radius 1 is 1.04 bits per heavy atom. The zero-order valence-corrected chi connectivity index (χ0v) is 14.5. The van der Waals surface area contributed by atoms with E-state index in [0.29, 0.717) is 18.1 Å². The number of nitrogens with one attached hydrogen (secondary N) is 1. The first kappa shape index (κ1) is 16.4. The number of halogens is 2. The highest BCUT2D eigenvalue weighted by atomic mass is 35.5. The van der Waals surface area contributed by atoms with Crippen molar-refractivity contribution in [1.82, 2.24) is 9.97 Å². The zero-order chi connectivity index (χ0) is 17.9. The third-order valence-electron chi connectivity index (χ3n) is 4.08. The fourth-order valence-electron chi connectivity index (χ4n) is 2.80. The van der Waals surface area contributed by atoms with Gasteiger partial charge in [-0.05, 0) is 53.0 Å². The van der Waals surface area contributed by atoms with Crippen molar-refractivity contribution in [3.05, 3.63) is 89.7 Å². The molecule has 0 saturated carbocycles. The zero-order valence-electron chi connectivity index (χ0n) is 13.7. The predicted octanol–water partition coefficient (Wildman–Crippen LogP) is 4.50. The average Bonchev–Trinajstić information content (AvgIpc) is 2.67. The molecule has 0 aliphatic heterocycles. The van der Waals surface area contributed by atoms with Crippen molar-refractivity contribution < 1.29 is 8.96 Å². The molecule has 4 nitrogen and oxygen atoms in total. The van der Waals surface area contributed by atoms with Gasteiger partial charge in [-0.3, -0.25) is 4.98 Å². The van der Waals surface area contributed by atoms with Crippen molar-refractivity contribution in [3.63, 3.8) is 0 Å². The summed E-state index contributed by atoms with van der Waals surface area (Å²) in [5.41, 5.74) is 2.86. The second-order valence-electron chi connectivity index (χ2n) is 5.85. The van der Waals surface area contributed by atoms with Gasteiger partial charge in [0.2, 0.25) is 0 Å². The first-order chi connectivity index (χ1) is 12.7. The number of pyridine rings is 1. The lowest BCUT2D eigenvalue weighted by Gasteiger charge is -2.08. The minimum absolute atomic E-state index is 0.0722. The van der Waals surface area contributed by atoms with Crippen molar-refractivity contribution in [1.29, 1.82) is 0 Å². The van der Waals surface area contributed by atoms with Gasteiger partial charge in [0.15, 0.2) is 0 Å². The standard InChI is InChI=1S/C20H14ClFN4/c21-17-11-15(5-6-18(17)22)25-20-16-3-1-2-4-19(16)26(13-24-20)12-14-7-9-23-10-8-14/h1-11,13H,12H2/p+1. The number of benzene rings is 2. The van der Waals surface area contributed by atoms with Crippen LogP contribution in [-0.4, -0.2) is 9.97 Å². The lowest BCUT2D eigenvalue weighted by Crippen LogP contribution is -2.35. The molecule has 0 aliphatic rings. The lowest BCUT2D eigenvalue weighted by atomic mass is 10.2. The summed E-state index contributed by atoms with van der Waals surface area (Å²) in [6, 6.07) is 16.5. The Morgan fingerprint density at radius 2 is 1.85 bits per heavy atom. The van der Waals surface area contributed by atoms with Crippen LogP contribution in [0.2, 0.25) is 5.02 Å². The van der Waals surface area contributed by atoms with E-state index in [9.17, 15) is 4.39 Å². The molecule has 0 saturated heterocycles. The highest BCUT2D eigenvalue weighted by molar-refractivity contribution is 6.31. The summed E-state index contributed by atoms with van der Waals surface area (Å²) in [6.07, 6.45) is 5.34. The average molecular weight is 366 g/mol. The van der Waals surface area contributed by atoms with Crippen LogP contribution in [-0.2, 0) is 6.54 Å². The molecule has 0 atom stereocenters. The maximum atomic E-state index is 13.4. The molecule has 0 spiro atoms. The molecular formula is C20H15ClFN4+. The van der Waals surface area contributed by atoms with Gasteiger partial charge in [0.25, 0.3) is 12.1 Å². The SMILES string of the molecule is Fc1ccc(Nc2nc[n+](Cc3ccncc3)c3ccccc23)cc1Cl. The van der Waals surface area contributed by atoms with Gasteiger partial charge in [-0.1, -0.05) is 23.7 Å². The van der Waals surface area contributed by atoms with Gasteiger partial charge in [-0.2, -0.15) is 0 Å². The summed E-state index contributed by atoms with van der Waals surface area (Å²) >= 11 is 5.87. The van der Waals surface area contributed by atoms with Gasteiger partial charge in [0.05, 0.1) is 10.4 Å². The summed E-state index contributed by atoms with van der Waals surface area (Å²) in [6.45, 7) is 0.693. The van der Waals surface area contributed by atoms with Crippen molar-refractivity contribution in [3.8, 4) is 0 Å². The molecule has 0 bridgehead atoms. The molecule has 0 fully saturated rings. The molecular weight excluding hydrogens is 351 g/mol. The van der Waals surface area contributed by atoms with Gasteiger partial charge >= 0.3 is 0 Å². The van der Waals surface area contributed by atoms with Gasteiger partial charge in [-0.15, -0.1) is 0 Å². The number of rotatable bonds is 4. The number of nitrogens with zero attached hydrogens (tertiary/aromatic N) is 3. The van der Waals surface area contributed by atoms with Crippen LogP contribution >= 0.6 is 11.6 Å². The maximum Gasteiger partial charge on any atom is 0.289 e. The first-order valence-electron chi connectivity index (χ1n) is 8.09. The minimum Gasteiger partial charge on any atom is -0.319 e. The fourth-order valence-corrected chi connectivity index (χ4v) is 2.99. The van der Waals surface area contributed by atoms with E-state index in [4.69, 9.17) is 11.6 Å². The summed E-state index contributed by atoms with van der Waals surface area (Å²) in [5, 5.41) is 4.26. The maximum absolute atomic E-state index is 13.4. The molecule has 2 heterocycles. The Balaban J connectivity index is 1.73. The summed E-state index contributed by atoms with van der Waals surface area (Å²) < 4.78 is 15.4. The van der Waals surface area contributed by atoms with E-state index in [1.807, 2.05) is 36.4 Å². The van der Waals surface area contributed by atoms with E-state index in [-0.39, 0.29) is 5.02 Å². The lowest BCUT2D eigenvalue weighted by molar-refractivity contribution is -0.665. The number of hydrogen-bond acceptors (Lipinski definition) is 3. The number of anilines is 2. The van der Waals surface area contributed by atoms with Crippen LogP contribution in [0, 0.1) is 5.82 Å². The molecule has 26 heavy (non-hydrogen) atoms. The number of fused-ring (bicyclic) bond motifs is 1. The topological polar surface area (TPSA) is 41.7 Å². The molecule has 0 unspecified atom stereocenters.